The van der Waals surface area contributed by atoms with Crippen molar-refractivity contribution in [3.8, 4) is 0 Å². The third-order valence-corrected chi connectivity index (χ3v) is 1.36. The minimum absolute atomic E-state index is 0.782. The molecule has 0 saturated carbocycles. The van der Waals surface area contributed by atoms with Crippen LogP contribution in [0.1, 0.15) is 5.76 Å². The van der Waals surface area contributed by atoms with Gasteiger partial charge in [0.1, 0.15) is 17.5 Å². The van der Waals surface area contributed by atoms with E-state index in [-0.39, 0.29) is 0 Å². The summed E-state index contributed by atoms with van der Waals surface area (Å²) in [6.07, 6.45) is 3.24. The highest BCUT2D eigenvalue weighted by Gasteiger charge is 2.01. The minimum Gasteiger partial charge on any atom is -0.467 e. The second-order valence-corrected chi connectivity index (χ2v) is 2.03. The first-order chi connectivity index (χ1) is 4.88. The molecule has 0 saturated heterocycles. The van der Waals surface area contributed by atoms with Gasteiger partial charge in [-0.15, -0.1) is 10.2 Å². The van der Waals surface area contributed by atoms with Gasteiger partial charge in [0.2, 0.25) is 0 Å². The van der Waals surface area contributed by atoms with E-state index in [0.717, 1.165) is 16.7 Å². The lowest BCUT2D eigenvalue weighted by atomic mass is 10.3. The summed E-state index contributed by atoms with van der Waals surface area (Å²) < 4.78 is 5.07. The summed E-state index contributed by atoms with van der Waals surface area (Å²) in [6, 6.07) is 0. The Labute approximate surface area is 56.9 Å². The van der Waals surface area contributed by atoms with Gasteiger partial charge in [0.15, 0.2) is 0 Å². The number of rotatable bonds is 0. The van der Waals surface area contributed by atoms with E-state index in [1.807, 2.05) is 6.92 Å². The quantitative estimate of drug-likeness (QED) is 0.539. The first-order valence-corrected chi connectivity index (χ1v) is 2.90. The molecule has 0 radical (unpaired) electrons. The molecule has 10 heavy (non-hydrogen) atoms. The fraction of sp³-hybridized carbons (Fsp3) is 0.167. The van der Waals surface area contributed by atoms with Crippen LogP contribution < -0.4 is 0 Å². The van der Waals surface area contributed by atoms with Gasteiger partial charge >= 0.3 is 0 Å². The Kier molecular flexibility index (Phi) is 0.943. The van der Waals surface area contributed by atoms with Crippen LogP contribution in [0.15, 0.2) is 16.9 Å². The Bertz CT molecular complexity index is 355. The number of hydrogen-bond acceptors (Lipinski definition) is 4. The van der Waals surface area contributed by atoms with Gasteiger partial charge in [-0.1, -0.05) is 0 Å². The normalized spacial score (nSPS) is 10.5. The first kappa shape index (κ1) is 5.34. The lowest BCUT2D eigenvalue weighted by Crippen LogP contribution is -1.84. The van der Waals surface area contributed by atoms with E-state index in [2.05, 4.69) is 15.4 Å². The van der Waals surface area contributed by atoms with Crippen LogP contribution in [-0.4, -0.2) is 15.4 Å². The molecule has 0 aliphatic heterocycles. The third-order valence-electron chi connectivity index (χ3n) is 1.36. The average molecular weight is 135 g/mol. The van der Waals surface area contributed by atoms with Crippen molar-refractivity contribution in [3.05, 3.63) is 18.2 Å². The largest absolute Gasteiger partial charge is 0.467 e. The van der Waals surface area contributed by atoms with E-state index in [1.165, 1.54) is 0 Å². The SMILES string of the molecule is Cc1occ2cnnnc12. The number of hydrogen-bond donors (Lipinski definition) is 0. The van der Waals surface area contributed by atoms with Crippen molar-refractivity contribution in [1.29, 1.82) is 0 Å². The maximum absolute atomic E-state index is 5.07. The van der Waals surface area contributed by atoms with Crippen LogP contribution >= 0.6 is 0 Å². The van der Waals surface area contributed by atoms with Gasteiger partial charge in [0.05, 0.1) is 11.6 Å². The van der Waals surface area contributed by atoms with Gasteiger partial charge in [0, 0.05) is 0 Å². The molecule has 0 atom stereocenters. The second-order valence-electron chi connectivity index (χ2n) is 2.03. The smallest absolute Gasteiger partial charge is 0.137 e. The Morgan fingerprint density at radius 3 is 3.20 bits per heavy atom. The fourth-order valence-electron chi connectivity index (χ4n) is 0.845. The van der Waals surface area contributed by atoms with Gasteiger partial charge in [-0.2, -0.15) is 0 Å². The Morgan fingerprint density at radius 2 is 2.40 bits per heavy atom. The molecule has 2 aromatic rings. The first-order valence-electron chi connectivity index (χ1n) is 2.90. The van der Waals surface area contributed by atoms with Crippen LogP contribution in [0, 0.1) is 6.92 Å². The zero-order valence-electron chi connectivity index (χ0n) is 5.40. The zero-order chi connectivity index (χ0) is 6.97. The van der Waals surface area contributed by atoms with Gasteiger partial charge in [0.25, 0.3) is 0 Å². The molecule has 0 amide bonds. The molecule has 0 bridgehead atoms. The van der Waals surface area contributed by atoms with Crippen molar-refractivity contribution in [2.75, 3.05) is 0 Å². The van der Waals surface area contributed by atoms with Crippen molar-refractivity contribution >= 4 is 10.9 Å². The van der Waals surface area contributed by atoms with E-state index >= 15 is 0 Å². The highest BCUT2D eigenvalue weighted by atomic mass is 16.3. The predicted molar refractivity (Wildman–Crippen MR) is 34.3 cm³/mol. The molecule has 2 rings (SSSR count). The summed E-state index contributed by atoms with van der Waals surface area (Å²) in [6.45, 7) is 1.84. The number of fused-ring (bicyclic) bond motifs is 1. The minimum atomic E-state index is 0.782. The Morgan fingerprint density at radius 1 is 1.50 bits per heavy atom. The van der Waals surface area contributed by atoms with Crippen molar-refractivity contribution in [2.45, 2.75) is 6.92 Å². The predicted octanol–water partition coefficient (Wildman–Crippen LogP) is 0.926. The van der Waals surface area contributed by atoms with Crippen molar-refractivity contribution < 1.29 is 4.42 Å². The van der Waals surface area contributed by atoms with Crippen molar-refractivity contribution in [3.63, 3.8) is 0 Å². The Balaban J connectivity index is 2.93. The monoisotopic (exact) mass is 135 g/mol. The molecule has 4 heteroatoms. The molecule has 0 aromatic carbocycles. The molecule has 4 nitrogen and oxygen atoms in total. The number of aryl methyl sites for hydroxylation is 1. The van der Waals surface area contributed by atoms with Crippen LogP contribution in [0.2, 0.25) is 0 Å². The molecular formula is C6H5N3O. The maximum atomic E-state index is 5.07. The molecule has 0 N–H and O–H groups in total. The second kappa shape index (κ2) is 1.76. The highest BCUT2D eigenvalue weighted by Crippen LogP contribution is 2.14. The van der Waals surface area contributed by atoms with Gasteiger partial charge in [-0.05, 0) is 12.1 Å². The summed E-state index contributed by atoms with van der Waals surface area (Å²) in [5.74, 6) is 0.782. The molecular weight excluding hydrogens is 130 g/mol. The summed E-state index contributed by atoms with van der Waals surface area (Å²) in [4.78, 5) is 0. The van der Waals surface area contributed by atoms with Gasteiger partial charge < -0.3 is 4.42 Å². The van der Waals surface area contributed by atoms with E-state index in [0.29, 0.717) is 0 Å². The van der Waals surface area contributed by atoms with Crippen LogP contribution in [0.5, 0.6) is 0 Å². The molecule has 0 fully saturated rings. The molecule has 2 heterocycles. The van der Waals surface area contributed by atoms with Crippen LogP contribution in [0.4, 0.5) is 0 Å². The van der Waals surface area contributed by atoms with E-state index in [1.54, 1.807) is 12.5 Å². The number of furan rings is 1. The number of nitrogens with zero attached hydrogens (tertiary/aromatic N) is 3. The van der Waals surface area contributed by atoms with E-state index in [4.69, 9.17) is 4.42 Å². The van der Waals surface area contributed by atoms with Crippen molar-refractivity contribution in [1.82, 2.24) is 15.4 Å². The standard InChI is InChI=1S/C6H5N3O/c1-4-6-5(3-10-4)2-7-9-8-6/h2-3H,1H3. The summed E-state index contributed by atoms with van der Waals surface area (Å²) in [5, 5.41) is 11.8. The van der Waals surface area contributed by atoms with E-state index < -0.39 is 0 Å². The molecule has 0 spiro atoms. The lowest BCUT2D eigenvalue weighted by Gasteiger charge is -1.81. The molecule has 50 valence electrons. The molecule has 2 aromatic heterocycles. The van der Waals surface area contributed by atoms with E-state index in [9.17, 15) is 0 Å². The Hall–Kier alpha value is -1.45. The summed E-state index contributed by atoms with van der Waals surface area (Å²) in [7, 11) is 0. The van der Waals surface area contributed by atoms with Crippen LogP contribution in [0.25, 0.3) is 10.9 Å². The summed E-state index contributed by atoms with van der Waals surface area (Å²) >= 11 is 0. The highest BCUT2D eigenvalue weighted by molar-refractivity contribution is 5.77. The van der Waals surface area contributed by atoms with Crippen molar-refractivity contribution in [2.24, 2.45) is 0 Å². The lowest BCUT2D eigenvalue weighted by molar-refractivity contribution is 0.538. The van der Waals surface area contributed by atoms with Gasteiger partial charge in [-0.25, -0.2) is 0 Å². The summed E-state index contributed by atoms with van der Waals surface area (Å²) in [5.41, 5.74) is 0.787. The topological polar surface area (TPSA) is 51.8 Å². The maximum Gasteiger partial charge on any atom is 0.137 e. The van der Waals surface area contributed by atoms with Gasteiger partial charge in [-0.3, -0.25) is 0 Å². The van der Waals surface area contributed by atoms with Crippen LogP contribution in [0.3, 0.4) is 0 Å². The fourth-order valence-corrected chi connectivity index (χ4v) is 0.845. The van der Waals surface area contributed by atoms with Crippen LogP contribution in [-0.2, 0) is 0 Å². The average Bonchev–Trinajstić information content (AvgIpc) is 2.34. The third kappa shape index (κ3) is 0.586. The molecule has 0 aliphatic rings. The molecule has 0 aliphatic carbocycles. The zero-order valence-corrected chi connectivity index (χ0v) is 5.40. The molecule has 0 unspecified atom stereocenters. The number of aromatic nitrogens is 3.